The molecule has 0 spiro atoms. The second-order valence-electron chi connectivity index (χ2n) is 6.96. The SMILES string of the molecule is CCN(CC)CC(=O)N1CCN(C(=O)CCC2CCNCC2)CC1. The van der Waals surface area contributed by atoms with Gasteiger partial charge in [0, 0.05) is 32.6 Å². The lowest BCUT2D eigenvalue weighted by atomic mass is 9.93. The van der Waals surface area contributed by atoms with Gasteiger partial charge >= 0.3 is 0 Å². The molecule has 1 N–H and O–H groups in total. The fraction of sp³-hybridized carbons (Fsp3) is 0.889. The topological polar surface area (TPSA) is 55.9 Å². The minimum absolute atomic E-state index is 0.195. The van der Waals surface area contributed by atoms with Gasteiger partial charge in [-0.3, -0.25) is 14.5 Å². The molecule has 2 rings (SSSR count). The van der Waals surface area contributed by atoms with Crippen LogP contribution in [0.2, 0.25) is 0 Å². The van der Waals surface area contributed by atoms with E-state index in [1.807, 2.05) is 9.80 Å². The zero-order valence-corrected chi connectivity index (χ0v) is 15.4. The summed E-state index contributed by atoms with van der Waals surface area (Å²) in [5, 5.41) is 3.37. The average Bonchev–Trinajstić information content (AvgIpc) is 2.65. The lowest BCUT2D eigenvalue weighted by Gasteiger charge is -2.36. The van der Waals surface area contributed by atoms with Gasteiger partial charge in [0.1, 0.15) is 0 Å². The van der Waals surface area contributed by atoms with Crippen molar-refractivity contribution in [3.8, 4) is 0 Å². The van der Waals surface area contributed by atoms with Gasteiger partial charge in [-0.05, 0) is 51.4 Å². The van der Waals surface area contributed by atoms with Crippen LogP contribution in [0.4, 0.5) is 0 Å². The predicted octanol–water partition coefficient (Wildman–Crippen LogP) is 0.779. The fourth-order valence-electron chi connectivity index (χ4n) is 3.60. The summed E-state index contributed by atoms with van der Waals surface area (Å²) in [6.07, 6.45) is 4.07. The summed E-state index contributed by atoms with van der Waals surface area (Å²) in [5.74, 6) is 1.16. The number of carbonyl (C=O) groups is 2. The van der Waals surface area contributed by atoms with E-state index < -0.39 is 0 Å². The van der Waals surface area contributed by atoms with Crippen LogP contribution in [-0.2, 0) is 9.59 Å². The first-order valence-corrected chi connectivity index (χ1v) is 9.62. The minimum atomic E-state index is 0.195. The minimum Gasteiger partial charge on any atom is -0.339 e. The van der Waals surface area contributed by atoms with Gasteiger partial charge < -0.3 is 15.1 Å². The summed E-state index contributed by atoms with van der Waals surface area (Å²) in [7, 11) is 0. The largest absolute Gasteiger partial charge is 0.339 e. The number of amides is 2. The van der Waals surface area contributed by atoms with E-state index in [0.717, 1.165) is 32.6 Å². The van der Waals surface area contributed by atoms with Crippen molar-refractivity contribution in [2.75, 3.05) is 58.9 Å². The van der Waals surface area contributed by atoms with Gasteiger partial charge in [-0.15, -0.1) is 0 Å². The van der Waals surface area contributed by atoms with Gasteiger partial charge in [0.05, 0.1) is 6.54 Å². The number of nitrogens with zero attached hydrogens (tertiary/aromatic N) is 3. The lowest BCUT2D eigenvalue weighted by Crippen LogP contribution is -2.52. The average molecular weight is 338 g/mol. The monoisotopic (exact) mass is 338 g/mol. The molecule has 6 nitrogen and oxygen atoms in total. The molecule has 2 aliphatic rings. The van der Waals surface area contributed by atoms with Crippen molar-refractivity contribution in [2.45, 2.75) is 39.5 Å². The molecular weight excluding hydrogens is 304 g/mol. The molecule has 138 valence electrons. The number of carbonyl (C=O) groups excluding carboxylic acids is 2. The first kappa shape index (κ1) is 19.2. The smallest absolute Gasteiger partial charge is 0.236 e. The number of hydrogen-bond donors (Lipinski definition) is 1. The molecule has 0 unspecified atom stereocenters. The van der Waals surface area contributed by atoms with E-state index in [1.165, 1.54) is 12.8 Å². The summed E-state index contributed by atoms with van der Waals surface area (Å²) >= 11 is 0. The van der Waals surface area contributed by atoms with Crippen molar-refractivity contribution in [3.05, 3.63) is 0 Å². The summed E-state index contributed by atoms with van der Waals surface area (Å²) in [4.78, 5) is 30.7. The van der Waals surface area contributed by atoms with Crippen molar-refractivity contribution >= 4 is 11.8 Å². The Kier molecular flexibility index (Phi) is 7.99. The highest BCUT2D eigenvalue weighted by atomic mass is 16.2. The van der Waals surface area contributed by atoms with Crippen molar-refractivity contribution in [3.63, 3.8) is 0 Å². The Balaban J connectivity index is 1.67. The zero-order chi connectivity index (χ0) is 17.4. The van der Waals surface area contributed by atoms with Crippen LogP contribution < -0.4 is 5.32 Å². The standard InChI is InChI=1S/C18H34N4O2/c1-3-20(4-2)15-18(24)22-13-11-21(12-14-22)17(23)6-5-16-7-9-19-10-8-16/h16,19H,3-15H2,1-2H3. The molecule has 24 heavy (non-hydrogen) atoms. The zero-order valence-electron chi connectivity index (χ0n) is 15.4. The van der Waals surface area contributed by atoms with Gasteiger partial charge in [-0.1, -0.05) is 13.8 Å². The molecule has 2 fully saturated rings. The maximum Gasteiger partial charge on any atom is 0.236 e. The maximum absolute atomic E-state index is 12.4. The van der Waals surface area contributed by atoms with Gasteiger partial charge in [-0.25, -0.2) is 0 Å². The van der Waals surface area contributed by atoms with Crippen LogP contribution in [0.25, 0.3) is 0 Å². The van der Waals surface area contributed by atoms with E-state index in [4.69, 9.17) is 0 Å². The Morgan fingerprint density at radius 3 is 2.04 bits per heavy atom. The van der Waals surface area contributed by atoms with Gasteiger partial charge in [-0.2, -0.15) is 0 Å². The van der Waals surface area contributed by atoms with E-state index in [-0.39, 0.29) is 11.8 Å². The fourth-order valence-corrected chi connectivity index (χ4v) is 3.60. The van der Waals surface area contributed by atoms with Crippen molar-refractivity contribution < 1.29 is 9.59 Å². The van der Waals surface area contributed by atoms with Crippen LogP contribution in [0.3, 0.4) is 0 Å². The normalized spacial score (nSPS) is 19.8. The van der Waals surface area contributed by atoms with E-state index in [0.29, 0.717) is 45.1 Å². The second kappa shape index (κ2) is 9.99. The third-order valence-corrected chi connectivity index (χ3v) is 5.46. The molecule has 0 aromatic rings. The van der Waals surface area contributed by atoms with E-state index in [2.05, 4.69) is 24.1 Å². The molecule has 0 aromatic heterocycles. The highest BCUT2D eigenvalue weighted by molar-refractivity contribution is 5.79. The molecule has 2 amide bonds. The third-order valence-electron chi connectivity index (χ3n) is 5.46. The highest BCUT2D eigenvalue weighted by Gasteiger charge is 2.25. The molecule has 0 aromatic carbocycles. The molecule has 0 saturated carbocycles. The predicted molar refractivity (Wildman–Crippen MR) is 95.8 cm³/mol. The van der Waals surface area contributed by atoms with Crippen LogP contribution in [0.5, 0.6) is 0 Å². The Bertz CT molecular complexity index is 398. The van der Waals surface area contributed by atoms with Crippen LogP contribution in [0.15, 0.2) is 0 Å². The molecule has 0 atom stereocenters. The molecule has 2 heterocycles. The Labute approximate surface area is 146 Å². The Morgan fingerprint density at radius 2 is 1.50 bits per heavy atom. The van der Waals surface area contributed by atoms with Gasteiger partial charge in [0.15, 0.2) is 0 Å². The molecule has 6 heteroatoms. The van der Waals surface area contributed by atoms with Crippen LogP contribution in [0, 0.1) is 5.92 Å². The summed E-state index contributed by atoms with van der Waals surface area (Å²) in [6.45, 7) is 11.4. The molecule has 2 aliphatic heterocycles. The van der Waals surface area contributed by atoms with E-state index in [9.17, 15) is 9.59 Å². The first-order valence-electron chi connectivity index (χ1n) is 9.62. The molecule has 2 saturated heterocycles. The van der Waals surface area contributed by atoms with Crippen LogP contribution in [0.1, 0.15) is 39.5 Å². The number of hydrogen-bond acceptors (Lipinski definition) is 4. The number of nitrogens with one attached hydrogen (secondary N) is 1. The quantitative estimate of drug-likeness (QED) is 0.745. The Hall–Kier alpha value is -1.14. The lowest BCUT2D eigenvalue weighted by molar-refractivity contribution is -0.140. The molecule has 0 bridgehead atoms. The maximum atomic E-state index is 12.4. The summed E-state index contributed by atoms with van der Waals surface area (Å²) in [6, 6.07) is 0. The summed E-state index contributed by atoms with van der Waals surface area (Å²) < 4.78 is 0. The second-order valence-corrected chi connectivity index (χ2v) is 6.96. The number of rotatable bonds is 7. The third kappa shape index (κ3) is 5.74. The van der Waals surface area contributed by atoms with Crippen molar-refractivity contribution in [2.24, 2.45) is 5.92 Å². The van der Waals surface area contributed by atoms with Crippen molar-refractivity contribution in [1.82, 2.24) is 20.0 Å². The molecular formula is C18H34N4O2. The number of piperidine rings is 1. The molecule has 0 aliphatic carbocycles. The highest BCUT2D eigenvalue weighted by Crippen LogP contribution is 2.18. The van der Waals surface area contributed by atoms with Crippen LogP contribution >= 0.6 is 0 Å². The van der Waals surface area contributed by atoms with Crippen molar-refractivity contribution in [1.29, 1.82) is 0 Å². The number of likely N-dealkylation sites (N-methyl/N-ethyl adjacent to an activating group) is 1. The number of piperazine rings is 1. The Morgan fingerprint density at radius 1 is 0.958 bits per heavy atom. The van der Waals surface area contributed by atoms with Gasteiger partial charge in [0.25, 0.3) is 0 Å². The molecule has 0 radical (unpaired) electrons. The van der Waals surface area contributed by atoms with E-state index >= 15 is 0 Å². The summed E-state index contributed by atoms with van der Waals surface area (Å²) in [5.41, 5.74) is 0. The van der Waals surface area contributed by atoms with Gasteiger partial charge in [0.2, 0.25) is 11.8 Å². The first-order chi connectivity index (χ1) is 11.6. The van der Waals surface area contributed by atoms with Crippen LogP contribution in [-0.4, -0.2) is 85.4 Å². The van der Waals surface area contributed by atoms with E-state index in [1.54, 1.807) is 0 Å².